The van der Waals surface area contributed by atoms with Crippen molar-refractivity contribution in [3.05, 3.63) is 35.9 Å². The summed E-state index contributed by atoms with van der Waals surface area (Å²) >= 11 is 3.34. The molecular weight excluding hydrogens is 244 g/mol. The molecule has 1 aromatic rings. The first-order chi connectivity index (χ1) is 6.90. The molecule has 1 aromatic carbocycles. The molecule has 0 atom stereocenters. The van der Waals surface area contributed by atoms with E-state index in [2.05, 4.69) is 28.1 Å². The second kappa shape index (κ2) is 4.91. The van der Waals surface area contributed by atoms with Crippen LogP contribution in [-0.2, 0) is 9.47 Å². The first kappa shape index (κ1) is 10.1. The third-order valence-corrected chi connectivity index (χ3v) is 2.89. The molecule has 1 saturated heterocycles. The van der Waals surface area contributed by atoms with Crippen LogP contribution in [-0.4, -0.2) is 24.8 Å². The maximum Gasteiger partial charge on any atom is 0.167 e. The molecule has 0 bridgehead atoms. The summed E-state index contributed by atoms with van der Waals surface area (Å²) in [5.74, 6) is 0.381. The van der Waals surface area contributed by atoms with Crippen LogP contribution in [0.2, 0.25) is 0 Å². The van der Waals surface area contributed by atoms with Crippen molar-refractivity contribution in [2.24, 2.45) is 0 Å². The Labute approximate surface area is 92.3 Å². The summed E-state index contributed by atoms with van der Waals surface area (Å²) in [7, 11) is 0. The van der Waals surface area contributed by atoms with Crippen LogP contribution in [0.15, 0.2) is 30.3 Å². The smallest absolute Gasteiger partial charge is 0.167 e. The number of rotatable bonds is 2. The van der Waals surface area contributed by atoms with E-state index in [4.69, 9.17) is 9.47 Å². The fourth-order valence-electron chi connectivity index (χ4n) is 1.55. The predicted molar refractivity (Wildman–Crippen MR) is 58.7 cm³/mol. The molecule has 2 rings (SSSR count). The highest BCUT2D eigenvalue weighted by atomic mass is 79.9. The van der Waals surface area contributed by atoms with Crippen molar-refractivity contribution >= 4 is 15.9 Å². The summed E-state index contributed by atoms with van der Waals surface area (Å²) < 4.78 is 11.1. The number of hydrogen-bond donors (Lipinski definition) is 0. The molecule has 0 spiro atoms. The molecule has 3 heteroatoms. The highest BCUT2D eigenvalue weighted by Gasteiger charge is 2.22. The lowest BCUT2D eigenvalue weighted by Gasteiger charge is -2.28. The number of benzene rings is 1. The van der Waals surface area contributed by atoms with E-state index in [1.807, 2.05) is 18.2 Å². The summed E-state index contributed by atoms with van der Waals surface area (Å²) in [4.78, 5) is 0. The zero-order valence-corrected chi connectivity index (χ0v) is 9.44. The van der Waals surface area contributed by atoms with Crippen LogP contribution in [0.1, 0.15) is 11.5 Å². The molecule has 0 unspecified atom stereocenters. The van der Waals surface area contributed by atoms with Gasteiger partial charge in [0, 0.05) is 5.92 Å². The Balaban J connectivity index is 1.96. The van der Waals surface area contributed by atoms with E-state index in [0.717, 1.165) is 18.5 Å². The highest BCUT2D eigenvalue weighted by Crippen LogP contribution is 2.22. The summed E-state index contributed by atoms with van der Waals surface area (Å²) in [5, 5.41) is 0.745. The summed E-state index contributed by atoms with van der Waals surface area (Å²) in [5.41, 5.74) is 1.29. The lowest BCUT2D eigenvalue weighted by molar-refractivity contribution is -0.172. The Hall–Kier alpha value is -0.380. The fraction of sp³-hybridized carbons (Fsp3) is 0.455. The molecule has 0 radical (unpaired) electrons. The SMILES string of the molecule is BrCC1OCC(c2ccccc2)CO1. The molecule has 1 heterocycles. The molecule has 0 amide bonds. The normalized spacial score (nSPS) is 27.5. The molecule has 76 valence electrons. The van der Waals surface area contributed by atoms with Crippen LogP contribution in [0, 0.1) is 0 Å². The standard InChI is InChI=1S/C11H13BrO2/c12-6-11-13-7-10(8-14-11)9-4-2-1-3-5-9/h1-5,10-11H,6-8H2. The molecule has 0 saturated carbocycles. The molecular formula is C11H13BrO2. The Morgan fingerprint density at radius 3 is 2.36 bits per heavy atom. The zero-order chi connectivity index (χ0) is 9.80. The van der Waals surface area contributed by atoms with Gasteiger partial charge in [-0.3, -0.25) is 0 Å². The average Bonchev–Trinajstić information content (AvgIpc) is 2.30. The Bertz CT molecular complexity index is 268. The van der Waals surface area contributed by atoms with E-state index < -0.39 is 0 Å². The number of hydrogen-bond acceptors (Lipinski definition) is 2. The number of ether oxygens (including phenoxy) is 2. The minimum Gasteiger partial charge on any atom is -0.351 e. The van der Waals surface area contributed by atoms with Gasteiger partial charge in [-0.2, -0.15) is 0 Å². The molecule has 1 aliphatic heterocycles. The van der Waals surface area contributed by atoms with Gasteiger partial charge in [0.05, 0.1) is 18.5 Å². The van der Waals surface area contributed by atoms with E-state index in [1.165, 1.54) is 5.56 Å². The number of halogens is 1. The molecule has 1 fully saturated rings. The van der Waals surface area contributed by atoms with Crippen molar-refractivity contribution in [3.8, 4) is 0 Å². The third-order valence-electron chi connectivity index (χ3n) is 2.36. The van der Waals surface area contributed by atoms with E-state index in [9.17, 15) is 0 Å². The second-order valence-electron chi connectivity index (χ2n) is 3.36. The minimum absolute atomic E-state index is 0.0741. The lowest BCUT2D eigenvalue weighted by atomic mass is 10.0. The van der Waals surface area contributed by atoms with Gasteiger partial charge in [0.2, 0.25) is 0 Å². The van der Waals surface area contributed by atoms with E-state index in [-0.39, 0.29) is 6.29 Å². The molecule has 0 aliphatic carbocycles. The second-order valence-corrected chi connectivity index (χ2v) is 4.01. The molecule has 1 aliphatic rings. The maximum absolute atomic E-state index is 5.53. The lowest BCUT2D eigenvalue weighted by Crippen LogP contribution is -2.31. The topological polar surface area (TPSA) is 18.5 Å². The third kappa shape index (κ3) is 2.35. The molecule has 14 heavy (non-hydrogen) atoms. The van der Waals surface area contributed by atoms with Crippen LogP contribution in [0.4, 0.5) is 0 Å². The first-order valence-corrected chi connectivity index (χ1v) is 5.86. The van der Waals surface area contributed by atoms with Crippen molar-refractivity contribution in [1.82, 2.24) is 0 Å². The number of alkyl halides is 1. The van der Waals surface area contributed by atoms with E-state index >= 15 is 0 Å². The van der Waals surface area contributed by atoms with Gasteiger partial charge in [0.1, 0.15) is 0 Å². The average molecular weight is 257 g/mol. The summed E-state index contributed by atoms with van der Waals surface area (Å²) in [6.45, 7) is 1.50. The summed E-state index contributed by atoms with van der Waals surface area (Å²) in [6.07, 6.45) is -0.0741. The monoisotopic (exact) mass is 256 g/mol. The Morgan fingerprint density at radius 1 is 1.14 bits per heavy atom. The van der Waals surface area contributed by atoms with Crippen LogP contribution < -0.4 is 0 Å². The van der Waals surface area contributed by atoms with Gasteiger partial charge < -0.3 is 9.47 Å². The van der Waals surface area contributed by atoms with Gasteiger partial charge >= 0.3 is 0 Å². The Kier molecular flexibility index (Phi) is 3.56. The van der Waals surface area contributed by atoms with Gasteiger partial charge in [0.15, 0.2) is 6.29 Å². The van der Waals surface area contributed by atoms with Crippen molar-refractivity contribution in [3.63, 3.8) is 0 Å². The quantitative estimate of drug-likeness (QED) is 0.758. The van der Waals surface area contributed by atoms with Crippen molar-refractivity contribution in [2.45, 2.75) is 12.2 Å². The molecule has 0 aromatic heterocycles. The van der Waals surface area contributed by atoms with Crippen molar-refractivity contribution < 1.29 is 9.47 Å². The minimum atomic E-state index is -0.0741. The van der Waals surface area contributed by atoms with E-state index in [1.54, 1.807) is 0 Å². The predicted octanol–water partition coefficient (Wildman–Crippen LogP) is 2.54. The van der Waals surface area contributed by atoms with Crippen LogP contribution in [0.25, 0.3) is 0 Å². The molecule has 2 nitrogen and oxygen atoms in total. The van der Waals surface area contributed by atoms with Gasteiger partial charge in [-0.1, -0.05) is 46.3 Å². The van der Waals surface area contributed by atoms with Crippen LogP contribution in [0.3, 0.4) is 0 Å². The Morgan fingerprint density at radius 2 is 1.79 bits per heavy atom. The van der Waals surface area contributed by atoms with Crippen molar-refractivity contribution in [2.75, 3.05) is 18.5 Å². The summed E-state index contributed by atoms with van der Waals surface area (Å²) in [6, 6.07) is 10.4. The van der Waals surface area contributed by atoms with Crippen LogP contribution >= 0.6 is 15.9 Å². The van der Waals surface area contributed by atoms with Gasteiger partial charge in [0.25, 0.3) is 0 Å². The largest absolute Gasteiger partial charge is 0.351 e. The van der Waals surface area contributed by atoms with E-state index in [0.29, 0.717) is 5.92 Å². The van der Waals surface area contributed by atoms with Gasteiger partial charge in [-0.25, -0.2) is 0 Å². The zero-order valence-electron chi connectivity index (χ0n) is 7.86. The first-order valence-electron chi connectivity index (χ1n) is 4.74. The van der Waals surface area contributed by atoms with Crippen LogP contribution in [0.5, 0.6) is 0 Å². The van der Waals surface area contributed by atoms with Gasteiger partial charge in [-0.05, 0) is 5.56 Å². The highest BCUT2D eigenvalue weighted by molar-refractivity contribution is 9.09. The molecule has 0 N–H and O–H groups in total. The van der Waals surface area contributed by atoms with Crippen molar-refractivity contribution in [1.29, 1.82) is 0 Å². The maximum atomic E-state index is 5.53. The fourth-order valence-corrected chi connectivity index (χ4v) is 1.92. The van der Waals surface area contributed by atoms with Gasteiger partial charge in [-0.15, -0.1) is 0 Å².